The van der Waals surface area contributed by atoms with Crippen LogP contribution in [0.5, 0.6) is 5.75 Å². The Balaban J connectivity index is 2.19. The highest BCUT2D eigenvalue weighted by atomic mass is 16.5. The molecular weight excluding hydrogens is 234 g/mol. The Bertz CT molecular complexity index is 546. The molecule has 0 aliphatic heterocycles. The summed E-state index contributed by atoms with van der Waals surface area (Å²) in [6.45, 7) is 6.31. The van der Waals surface area contributed by atoms with Crippen LogP contribution >= 0.6 is 0 Å². The molecule has 2 aromatic carbocycles. The van der Waals surface area contributed by atoms with Crippen molar-refractivity contribution in [3.63, 3.8) is 0 Å². The van der Waals surface area contributed by atoms with E-state index in [2.05, 4.69) is 68.6 Å². The van der Waals surface area contributed by atoms with Crippen LogP contribution in [0.1, 0.15) is 29.7 Å². The molecule has 100 valence electrons. The fourth-order valence-electron chi connectivity index (χ4n) is 2.15. The summed E-state index contributed by atoms with van der Waals surface area (Å²) in [5.41, 5.74) is 4.78. The van der Waals surface area contributed by atoms with Gasteiger partial charge in [0, 0.05) is 11.3 Å². The first-order valence-electron chi connectivity index (χ1n) is 6.58. The van der Waals surface area contributed by atoms with Gasteiger partial charge in [0.2, 0.25) is 0 Å². The van der Waals surface area contributed by atoms with E-state index >= 15 is 0 Å². The second-order valence-electron chi connectivity index (χ2n) is 4.98. The number of ether oxygens (including phenoxy) is 1. The number of nitrogens with one attached hydrogen (secondary N) is 1. The van der Waals surface area contributed by atoms with Crippen molar-refractivity contribution in [3.05, 3.63) is 59.2 Å². The SMILES string of the molecule is COc1cc(C)ccc1C(C)Nc1ccc(C)cc1. The first-order chi connectivity index (χ1) is 9.10. The van der Waals surface area contributed by atoms with E-state index in [1.54, 1.807) is 7.11 Å². The molecule has 1 atom stereocenters. The fraction of sp³-hybridized carbons (Fsp3) is 0.294. The molecule has 2 rings (SSSR count). The van der Waals surface area contributed by atoms with Gasteiger partial charge in [-0.25, -0.2) is 0 Å². The normalized spacial score (nSPS) is 12.0. The van der Waals surface area contributed by atoms with Crippen molar-refractivity contribution in [1.82, 2.24) is 0 Å². The molecule has 0 bridgehead atoms. The van der Waals surface area contributed by atoms with Crippen molar-refractivity contribution in [1.29, 1.82) is 0 Å². The molecule has 0 fully saturated rings. The number of methoxy groups -OCH3 is 1. The number of rotatable bonds is 4. The molecule has 0 amide bonds. The van der Waals surface area contributed by atoms with Crippen LogP contribution < -0.4 is 10.1 Å². The van der Waals surface area contributed by atoms with Crippen LogP contribution in [0.3, 0.4) is 0 Å². The molecule has 0 spiro atoms. The molecule has 0 aliphatic rings. The molecular formula is C17H21NO. The van der Waals surface area contributed by atoms with Gasteiger partial charge in [-0.1, -0.05) is 29.8 Å². The zero-order valence-electron chi connectivity index (χ0n) is 12.0. The molecule has 19 heavy (non-hydrogen) atoms. The number of anilines is 1. The van der Waals surface area contributed by atoms with E-state index < -0.39 is 0 Å². The van der Waals surface area contributed by atoms with Crippen LogP contribution in [0.25, 0.3) is 0 Å². The van der Waals surface area contributed by atoms with Crippen LogP contribution in [-0.4, -0.2) is 7.11 Å². The summed E-state index contributed by atoms with van der Waals surface area (Å²) in [6, 6.07) is 15.0. The lowest BCUT2D eigenvalue weighted by Crippen LogP contribution is -2.08. The minimum absolute atomic E-state index is 0.207. The second-order valence-corrected chi connectivity index (χ2v) is 4.98. The number of hydrogen-bond acceptors (Lipinski definition) is 2. The van der Waals surface area contributed by atoms with E-state index in [1.165, 1.54) is 16.7 Å². The predicted molar refractivity (Wildman–Crippen MR) is 80.9 cm³/mol. The molecule has 0 aliphatic carbocycles. The van der Waals surface area contributed by atoms with Crippen molar-refractivity contribution >= 4 is 5.69 Å². The summed E-state index contributed by atoms with van der Waals surface area (Å²) in [5.74, 6) is 0.937. The maximum absolute atomic E-state index is 5.46. The highest BCUT2D eigenvalue weighted by Gasteiger charge is 2.11. The average molecular weight is 255 g/mol. The van der Waals surface area contributed by atoms with Gasteiger partial charge in [-0.2, -0.15) is 0 Å². The summed E-state index contributed by atoms with van der Waals surface area (Å²) >= 11 is 0. The van der Waals surface area contributed by atoms with Crippen LogP contribution in [0.15, 0.2) is 42.5 Å². The van der Waals surface area contributed by atoms with E-state index in [9.17, 15) is 0 Å². The average Bonchev–Trinajstić information content (AvgIpc) is 2.41. The molecule has 0 heterocycles. The number of hydrogen-bond donors (Lipinski definition) is 1. The van der Waals surface area contributed by atoms with Gasteiger partial charge in [-0.3, -0.25) is 0 Å². The maximum Gasteiger partial charge on any atom is 0.124 e. The van der Waals surface area contributed by atoms with Gasteiger partial charge in [-0.15, -0.1) is 0 Å². The third kappa shape index (κ3) is 3.28. The van der Waals surface area contributed by atoms with E-state index in [4.69, 9.17) is 4.74 Å². The molecule has 0 saturated carbocycles. The van der Waals surface area contributed by atoms with Crippen LogP contribution in [-0.2, 0) is 0 Å². The van der Waals surface area contributed by atoms with Crippen molar-refractivity contribution in [2.24, 2.45) is 0 Å². The number of benzene rings is 2. The van der Waals surface area contributed by atoms with Gasteiger partial charge in [0.1, 0.15) is 5.75 Å². The Labute approximate surface area is 115 Å². The minimum atomic E-state index is 0.207. The monoisotopic (exact) mass is 255 g/mol. The van der Waals surface area contributed by atoms with Gasteiger partial charge < -0.3 is 10.1 Å². The van der Waals surface area contributed by atoms with Crippen LogP contribution in [0.4, 0.5) is 5.69 Å². The molecule has 2 heteroatoms. The largest absolute Gasteiger partial charge is 0.496 e. The summed E-state index contributed by atoms with van der Waals surface area (Å²) in [5, 5.41) is 3.50. The van der Waals surface area contributed by atoms with E-state index in [0.29, 0.717) is 0 Å². The fourth-order valence-corrected chi connectivity index (χ4v) is 2.15. The first-order valence-corrected chi connectivity index (χ1v) is 6.58. The van der Waals surface area contributed by atoms with Gasteiger partial charge in [0.15, 0.2) is 0 Å². The van der Waals surface area contributed by atoms with Crippen molar-refractivity contribution in [3.8, 4) is 5.75 Å². The van der Waals surface area contributed by atoms with Crippen LogP contribution in [0, 0.1) is 13.8 Å². The number of aryl methyl sites for hydroxylation is 2. The molecule has 0 radical (unpaired) electrons. The molecule has 1 unspecified atom stereocenters. The zero-order valence-corrected chi connectivity index (χ0v) is 12.0. The van der Waals surface area contributed by atoms with E-state index in [-0.39, 0.29) is 6.04 Å². The molecule has 1 N–H and O–H groups in total. The third-order valence-corrected chi connectivity index (χ3v) is 3.29. The lowest BCUT2D eigenvalue weighted by atomic mass is 10.0. The lowest BCUT2D eigenvalue weighted by Gasteiger charge is -2.19. The van der Waals surface area contributed by atoms with Crippen LogP contribution in [0.2, 0.25) is 0 Å². The van der Waals surface area contributed by atoms with E-state index in [1.807, 2.05) is 0 Å². The van der Waals surface area contributed by atoms with E-state index in [0.717, 1.165) is 11.4 Å². The second kappa shape index (κ2) is 5.79. The lowest BCUT2D eigenvalue weighted by molar-refractivity contribution is 0.407. The zero-order chi connectivity index (χ0) is 13.8. The molecule has 0 saturated heterocycles. The maximum atomic E-state index is 5.46. The Kier molecular flexibility index (Phi) is 4.10. The Morgan fingerprint density at radius 1 is 0.947 bits per heavy atom. The summed E-state index contributed by atoms with van der Waals surface area (Å²) in [7, 11) is 1.72. The highest BCUT2D eigenvalue weighted by molar-refractivity contribution is 5.49. The highest BCUT2D eigenvalue weighted by Crippen LogP contribution is 2.28. The minimum Gasteiger partial charge on any atom is -0.496 e. The summed E-state index contributed by atoms with van der Waals surface area (Å²) in [4.78, 5) is 0. The van der Waals surface area contributed by atoms with Gasteiger partial charge >= 0.3 is 0 Å². The standard InChI is InChI=1S/C17H21NO/c1-12-5-8-15(9-6-12)18-14(3)16-10-7-13(2)11-17(16)19-4/h5-11,14,18H,1-4H3. The van der Waals surface area contributed by atoms with Crippen molar-refractivity contribution in [2.75, 3.05) is 12.4 Å². The van der Waals surface area contributed by atoms with Gasteiger partial charge in [0.25, 0.3) is 0 Å². The van der Waals surface area contributed by atoms with Crippen molar-refractivity contribution < 1.29 is 4.74 Å². The Morgan fingerprint density at radius 2 is 1.58 bits per heavy atom. The smallest absolute Gasteiger partial charge is 0.124 e. The Morgan fingerprint density at radius 3 is 2.21 bits per heavy atom. The third-order valence-electron chi connectivity index (χ3n) is 3.29. The molecule has 2 aromatic rings. The van der Waals surface area contributed by atoms with Gasteiger partial charge in [0.05, 0.1) is 13.2 Å². The quantitative estimate of drug-likeness (QED) is 0.869. The first kappa shape index (κ1) is 13.5. The van der Waals surface area contributed by atoms with Gasteiger partial charge in [-0.05, 0) is 44.5 Å². The topological polar surface area (TPSA) is 21.3 Å². The van der Waals surface area contributed by atoms with Crippen molar-refractivity contribution in [2.45, 2.75) is 26.8 Å². The summed E-state index contributed by atoms with van der Waals surface area (Å²) in [6.07, 6.45) is 0. The molecule has 2 nitrogen and oxygen atoms in total. The Hall–Kier alpha value is -1.96. The summed E-state index contributed by atoms with van der Waals surface area (Å²) < 4.78 is 5.46. The predicted octanol–water partition coefficient (Wildman–Crippen LogP) is 4.49. The molecule has 0 aromatic heterocycles.